The molecule has 1 unspecified atom stereocenters. The number of benzene rings is 1. The van der Waals surface area contributed by atoms with E-state index in [0.29, 0.717) is 5.54 Å². The minimum atomic E-state index is -1.49. The molecule has 1 aromatic rings. The highest BCUT2D eigenvalue weighted by Crippen LogP contribution is 2.46. The molecule has 1 nitrogen and oxygen atoms in total. The van der Waals surface area contributed by atoms with Gasteiger partial charge in [0.05, 0.1) is 23.3 Å². The molecule has 0 fully saturated rings. The molecular weight excluding hydrogens is 348 g/mol. The third-order valence-corrected chi connectivity index (χ3v) is 10.3. The van der Waals surface area contributed by atoms with E-state index in [0.717, 1.165) is 5.75 Å². The highest BCUT2D eigenvalue weighted by atomic mass is 28.3. The van der Waals surface area contributed by atoms with Crippen molar-refractivity contribution in [3.05, 3.63) is 46.6 Å². The van der Waals surface area contributed by atoms with Crippen LogP contribution >= 0.6 is 0 Å². The average Bonchev–Trinajstić information content (AvgIpc) is 2.88. The molecule has 0 spiro atoms. The number of hydrogen-bond acceptors (Lipinski definition) is 1. The van der Waals surface area contributed by atoms with Crippen molar-refractivity contribution in [3.63, 3.8) is 0 Å². The number of rotatable bonds is 5. The molecule has 26 heavy (non-hydrogen) atoms. The van der Waals surface area contributed by atoms with E-state index in [9.17, 15) is 0 Å². The summed E-state index contributed by atoms with van der Waals surface area (Å²) in [5.74, 6) is 1.11. The van der Waals surface area contributed by atoms with Crippen molar-refractivity contribution in [2.45, 2.75) is 77.9 Å². The summed E-state index contributed by atoms with van der Waals surface area (Å²) in [5, 5.41) is 1.43. The van der Waals surface area contributed by atoms with E-state index in [1.54, 1.807) is 0 Å². The molecule has 0 bridgehead atoms. The third kappa shape index (κ3) is 3.94. The molecule has 1 aliphatic carbocycles. The zero-order chi connectivity index (χ0) is 20.1. The third-order valence-electron chi connectivity index (χ3n) is 5.79. The van der Waals surface area contributed by atoms with Gasteiger partial charge in [0.1, 0.15) is 5.75 Å². The molecule has 3 heteroatoms. The Bertz CT molecular complexity index is 756. The van der Waals surface area contributed by atoms with Crippen LogP contribution in [0.15, 0.2) is 35.4 Å². The normalized spacial score (nSPS) is 18.7. The van der Waals surface area contributed by atoms with Crippen LogP contribution in [0.4, 0.5) is 0 Å². The van der Waals surface area contributed by atoms with Crippen molar-refractivity contribution in [2.75, 3.05) is 7.11 Å². The first-order chi connectivity index (χ1) is 11.7. The number of aryl methyl sites for hydroxylation is 1. The molecule has 144 valence electrons. The minimum Gasteiger partial charge on any atom is -0.497 e. The Labute approximate surface area is 163 Å². The van der Waals surface area contributed by atoms with Crippen molar-refractivity contribution >= 4 is 21.3 Å². The lowest BCUT2D eigenvalue weighted by molar-refractivity contribution is 0.404. The smallest absolute Gasteiger partial charge is 0.122 e. The quantitative estimate of drug-likeness (QED) is 0.530. The molecule has 1 atom stereocenters. The summed E-state index contributed by atoms with van der Waals surface area (Å²) >= 11 is 0. The van der Waals surface area contributed by atoms with E-state index >= 15 is 0 Å². The molecule has 1 aromatic carbocycles. The molecule has 0 saturated heterocycles. The maximum Gasteiger partial charge on any atom is 0.122 e. The highest BCUT2D eigenvalue weighted by Gasteiger charge is 2.37. The minimum absolute atomic E-state index is 0.0541. The monoisotopic (exact) mass is 386 g/mol. The zero-order valence-corrected chi connectivity index (χ0v) is 20.8. The van der Waals surface area contributed by atoms with Gasteiger partial charge >= 0.3 is 0 Å². The topological polar surface area (TPSA) is 9.23 Å². The summed E-state index contributed by atoms with van der Waals surface area (Å²) in [7, 11) is -0.905. The van der Waals surface area contributed by atoms with Gasteiger partial charge in [-0.05, 0) is 30.1 Å². The van der Waals surface area contributed by atoms with Gasteiger partial charge in [0, 0.05) is 11.0 Å². The Kier molecular flexibility index (Phi) is 5.58. The Morgan fingerprint density at radius 2 is 1.54 bits per heavy atom. The van der Waals surface area contributed by atoms with E-state index in [1.807, 2.05) is 7.11 Å². The van der Waals surface area contributed by atoms with Crippen molar-refractivity contribution in [1.29, 1.82) is 0 Å². The summed E-state index contributed by atoms with van der Waals surface area (Å²) < 4.78 is 6.02. The number of ether oxygens (including phenoxy) is 1. The van der Waals surface area contributed by atoms with E-state index in [2.05, 4.69) is 91.3 Å². The standard InChI is InChI=1S/C23H38OSi2/c1-16-12-19(22(24-5)21(13-16)26(9,10)11)23(3,4)18-14-17(2)20(15-18)25(6,7)8/h12-15,20H,1-11H3. The average molecular weight is 387 g/mol. The van der Waals surface area contributed by atoms with Crippen LogP contribution in [0.1, 0.15) is 31.9 Å². The Morgan fingerprint density at radius 3 is 1.96 bits per heavy atom. The van der Waals surface area contributed by atoms with Gasteiger partial charge in [0.2, 0.25) is 0 Å². The van der Waals surface area contributed by atoms with Crippen LogP contribution in [-0.4, -0.2) is 23.3 Å². The largest absolute Gasteiger partial charge is 0.497 e. The van der Waals surface area contributed by atoms with Gasteiger partial charge < -0.3 is 4.74 Å². The van der Waals surface area contributed by atoms with Crippen LogP contribution in [0.2, 0.25) is 44.8 Å². The fraction of sp³-hybridized carbons (Fsp3) is 0.565. The number of hydrogen-bond donors (Lipinski definition) is 0. The van der Waals surface area contributed by atoms with Crippen molar-refractivity contribution in [1.82, 2.24) is 0 Å². The van der Waals surface area contributed by atoms with E-state index < -0.39 is 16.1 Å². The molecular formula is C23H38OSi2. The predicted molar refractivity (Wildman–Crippen MR) is 123 cm³/mol. The first-order valence-electron chi connectivity index (χ1n) is 9.79. The molecule has 0 heterocycles. The first-order valence-corrected chi connectivity index (χ1v) is 16.9. The van der Waals surface area contributed by atoms with Gasteiger partial charge in [-0.15, -0.1) is 0 Å². The summed E-state index contributed by atoms with van der Waals surface area (Å²) in [4.78, 5) is 0. The van der Waals surface area contributed by atoms with Crippen molar-refractivity contribution < 1.29 is 4.74 Å². The summed E-state index contributed by atoms with van der Waals surface area (Å²) in [5.41, 5.74) is 6.25. The molecule has 0 N–H and O–H groups in total. The molecule has 0 aliphatic heterocycles. The number of allylic oxidation sites excluding steroid dienone is 4. The number of methoxy groups -OCH3 is 1. The molecule has 0 saturated carbocycles. The van der Waals surface area contributed by atoms with Gasteiger partial charge in [-0.25, -0.2) is 0 Å². The van der Waals surface area contributed by atoms with Crippen LogP contribution in [0.25, 0.3) is 0 Å². The van der Waals surface area contributed by atoms with Crippen LogP contribution in [-0.2, 0) is 5.41 Å². The second kappa shape index (κ2) is 6.83. The van der Waals surface area contributed by atoms with Gasteiger partial charge in [-0.2, -0.15) is 0 Å². The molecule has 0 amide bonds. The Hall–Kier alpha value is -1.07. The second-order valence-electron chi connectivity index (χ2n) is 10.6. The zero-order valence-electron chi connectivity index (χ0n) is 18.8. The SMILES string of the molecule is COc1c(C(C)(C)C2=CC([Si](C)(C)C)C(C)=C2)cc(C)cc1[Si](C)(C)C. The summed E-state index contributed by atoms with van der Waals surface area (Å²) in [6.07, 6.45) is 5.00. The van der Waals surface area contributed by atoms with E-state index in [-0.39, 0.29) is 5.41 Å². The fourth-order valence-electron chi connectivity index (χ4n) is 4.19. The van der Waals surface area contributed by atoms with E-state index in [4.69, 9.17) is 4.74 Å². The summed E-state index contributed by atoms with van der Waals surface area (Å²) in [6.45, 7) is 23.9. The lowest BCUT2D eigenvalue weighted by atomic mass is 9.77. The Morgan fingerprint density at radius 1 is 0.962 bits per heavy atom. The predicted octanol–water partition coefficient (Wildman–Crippen LogP) is 6.42. The highest BCUT2D eigenvalue weighted by molar-refractivity contribution is 6.89. The molecule has 2 rings (SSSR count). The fourth-order valence-corrected chi connectivity index (χ4v) is 7.89. The molecule has 1 aliphatic rings. The van der Waals surface area contributed by atoms with Crippen LogP contribution in [0.5, 0.6) is 5.75 Å². The lowest BCUT2D eigenvalue weighted by Crippen LogP contribution is -2.40. The van der Waals surface area contributed by atoms with Gasteiger partial charge in [0.15, 0.2) is 0 Å². The van der Waals surface area contributed by atoms with Gasteiger partial charge in [0.25, 0.3) is 0 Å². The second-order valence-corrected chi connectivity index (χ2v) is 21.0. The molecule has 0 radical (unpaired) electrons. The van der Waals surface area contributed by atoms with Crippen molar-refractivity contribution in [2.24, 2.45) is 0 Å². The van der Waals surface area contributed by atoms with E-state index in [1.165, 1.54) is 27.5 Å². The Balaban J connectivity index is 2.66. The van der Waals surface area contributed by atoms with Gasteiger partial charge in [-0.3, -0.25) is 0 Å². The van der Waals surface area contributed by atoms with Crippen LogP contribution in [0.3, 0.4) is 0 Å². The van der Waals surface area contributed by atoms with Crippen LogP contribution < -0.4 is 9.92 Å². The lowest BCUT2D eigenvalue weighted by Gasteiger charge is -2.32. The first kappa shape index (κ1) is 21.2. The molecule has 0 aromatic heterocycles. The summed E-state index contributed by atoms with van der Waals surface area (Å²) in [6, 6.07) is 4.69. The van der Waals surface area contributed by atoms with Crippen LogP contribution in [0, 0.1) is 6.92 Å². The maximum atomic E-state index is 6.02. The van der Waals surface area contributed by atoms with Crippen molar-refractivity contribution in [3.8, 4) is 5.75 Å². The van der Waals surface area contributed by atoms with Gasteiger partial charge in [-0.1, -0.05) is 88.6 Å². The maximum absolute atomic E-state index is 6.02.